The van der Waals surface area contributed by atoms with E-state index in [1.807, 2.05) is 76.2 Å². The van der Waals surface area contributed by atoms with Crippen LogP contribution in [0.2, 0.25) is 0 Å². The predicted octanol–water partition coefficient (Wildman–Crippen LogP) is 4.06. The zero-order valence-electron chi connectivity index (χ0n) is 17.6. The van der Waals surface area contributed by atoms with E-state index in [0.29, 0.717) is 5.65 Å². The van der Waals surface area contributed by atoms with Crippen molar-refractivity contribution in [2.45, 2.75) is 34.2 Å². The molecule has 0 aliphatic carbocycles. The molecule has 4 rings (SSSR count). The number of benzene rings is 2. The van der Waals surface area contributed by atoms with Crippen molar-refractivity contribution in [1.29, 1.82) is 0 Å². The van der Waals surface area contributed by atoms with E-state index >= 15 is 0 Å². The molecule has 0 saturated heterocycles. The number of nitrogens with one attached hydrogen (secondary N) is 1. The SMILES string of the molecule is Cc1cccc(C)c1NC(=O)Cn1c(=O)cc(C)c2c(C)nn(-c3ccccc3)c21. The third-order valence-electron chi connectivity index (χ3n) is 5.34. The van der Waals surface area contributed by atoms with Gasteiger partial charge in [-0.05, 0) is 56.5 Å². The molecule has 0 radical (unpaired) electrons. The van der Waals surface area contributed by atoms with Crippen molar-refractivity contribution in [1.82, 2.24) is 14.3 Å². The fourth-order valence-corrected chi connectivity index (χ4v) is 3.90. The molecule has 2 heterocycles. The van der Waals surface area contributed by atoms with Crippen LogP contribution in [-0.2, 0) is 11.3 Å². The summed E-state index contributed by atoms with van der Waals surface area (Å²) in [5.74, 6) is -0.252. The van der Waals surface area contributed by atoms with E-state index < -0.39 is 0 Å². The van der Waals surface area contributed by atoms with Crippen LogP contribution in [0.1, 0.15) is 22.4 Å². The van der Waals surface area contributed by atoms with Gasteiger partial charge >= 0.3 is 0 Å². The number of amides is 1. The smallest absolute Gasteiger partial charge is 0.252 e. The number of nitrogens with zero attached hydrogens (tertiary/aromatic N) is 3. The second-order valence-corrected chi connectivity index (χ2v) is 7.60. The minimum atomic E-state index is -0.252. The molecule has 30 heavy (non-hydrogen) atoms. The Kier molecular flexibility index (Phi) is 4.99. The second kappa shape index (κ2) is 7.63. The lowest BCUT2D eigenvalue weighted by atomic mass is 10.1. The van der Waals surface area contributed by atoms with Crippen molar-refractivity contribution >= 4 is 22.6 Å². The fourth-order valence-electron chi connectivity index (χ4n) is 3.90. The summed E-state index contributed by atoms with van der Waals surface area (Å²) in [6, 6.07) is 17.1. The Bertz CT molecular complexity index is 1300. The van der Waals surface area contributed by atoms with Gasteiger partial charge in [-0.1, -0.05) is 36.4 Å². The van der Waals surface area contributed by atoms with Crippen molar-refractivity contribution in [2.24, 2.45) is 0 Å². The van der Waals surface area contributed by atoms with Crippen molar-refractivity contribution < 1.29 is 4.79 Å². The molecule has 0 aliphatic heterocycles. The zero-order chi connectivity index (χ0) is 21.4. The molecular formula is C24H24N4O2. The third kappa shape index (κ3) is 3.41. The van der Waals surface area contributed by atoms with Gasteiger partial charge in [-0.15, -0.1) is 0 Å². The molecule has 6 heteroatoms. The van der Waals surface area contributed by atoms with Gasteiger partial charge in [0.25, 0.3) is 5.56 Å². The van der Waals surface area contributed by atoms with Crippen molar-refractivity contribution in [3.63, 3.8) is 0 Å². The van der Waals surface area contributed by atoms with Gasteiger partial charge in [-0.25, -0.2) is 4.68 Å². The van der Waals surface area contributed by atoms with Gasteiger partial charge in [-0.3, -0.25) is 14.2 Å². The van der Waals surface area contributed by atoms with Crippen LogP contribution in [0.3, 0.4) is 0 Å². The molecular weight excluding hydrogens is 376 g/mol. The van der Waals surface area contributed by atoms with E-state index in [0.717, 1.165) is 39.1 Å². The first-order valence-corrected chi connectivity index (χ1v) is 9.88. The molecule has 2 aromatic carbocycles. The quantitative estimate of drug-likeness (QED) is 0.562. The summed E-state index contributed by atoms with van der Waals surface area (Å²) in [5.41, 5.74) is 5.64. The second-order valence-electron chi connectivity index (χ2n) is 7.60. The molecule has 4 aromatic rings. The number of para-hydroxylation sites is 2. The van der Waals surface area contributed by atoms with E-state index in [1.54, 1.807) is 10.7 Å². The van der Waals surface area contributed by atoms with E-state index in [2.05, 4.69) is 10.4 Å². The molecule has 0 atom stereocenters. The molecule has 0 spiro atoms. The number of carbonyl (C=O) groups is 1. The summed E-state index contributed by atoms with van der Waals surface area (Å²) in [6.07, 6.45) is 0. The molecule has 2 aromatic heterocycles. The van der Waals surface area contributed by atoms with Crippen molar-refractivity contribution in [3.05, 3.63) is 87.3 Å². The van der Waals surface area contributed by atoms with Crippen LogP contribution < -0.4 is 10.9 Å². The summed E-state index contributed by atoms with van der Waals surface area (Å²) >= 11 is 0. The highest BCUT2D eigenvalue weighted by Gasteiger charge is 2.19. The lowest BCUT2D eigenvalue weighted by molar-refractivity contribution is -0.116. The summed E-state index contributed by atoms with van der Waals surface area (Å²) in [4.78, 5) is 25.8. The maximum absolute atomic E-state index is 12.9. The predicted molar refractivity (Wildman–Crippen MR) is 119 cm³/mol. The van der Waals surface area contributed by atoms with Crippen molar-refractivity contribution in [2.75, 3.05) is 5.32 Å². The number of pyridine rings is 1. The standard InChI is InChI=1S/C24H24N4O2/c1-15-9-8-10-16(2)23(15)25-20(29)14-27-21(30)13-17(3)22-18(4)26-28(24(22)27)19-11-6-5-7-12-19/h5-13H,14H2,1-4H3,(H,25,29). The lowest BCUT2D eigenvalue weighted by Gasteiger charge is -2.14. The minimum Gasteiger partial charge on any atom is -0.324 e. The van der Waals surface area contributed by atoms with Crippen LogP contribution in [0, 0.1) is 27.7 Å². The molecule has 0 aliphatic rings. The minimum absolute atomic E-state index is 0.0959. The van der Waals surface area contributed by atoms with Crippen LogP contribution in [0.5, 0.6) is 0 Å². The molecule has 1 amide bonds. The average molecular weight is 400 g/mol. The summed E-state index contributed by atoms with van der Waals surface area (Å²) in [5, 5.41) is 8.53. The molecule has 152 valence electrons. The number of rotatable bonds is 4. The van der Waals surface area contributed by atoms with Crippen LogP contribution in [0.15, 0.2) is 59.4 Å². The Morgan fingerprint density at radius 1 is 0.933 bits per heavy atom. The number of hydrogen-bond donors (Lipinski definition) is 1. The largest absolute Gasteiger partial charge is 0.324 e. The van der Waals surface area contributed by atoms with E-state index in [4.69, 9.17) is 0 Å². The van der Waals surface area contributed by atoms with E-state index in [1.165, 1.54) is 4.57 Å². The molecule has 6 nitrogen and oxygen atoms in total. The van der Waals surface area contributed by atoms with Gasteiger partial charge in [0.2, 0.25) is 5.91 Å². The maximum Gasteiger partial charge on any atom is 0.252 e. The van der Waals surface area contributed by atoms with Crippen LogP contribution in [0.4, 0.5) is 5.69 Å². The summed E-state index contributed by atoms with van der Waals surface area (Å²) in [6.45, 7) is 7.62. The Labute approximate surface area is 174 Å². The van der Waals surface area contributed by atoms with Gasteiger partial charge in [0.15, 0.2) is 0 Å². The number of carbonyl (C=O) groups excluding carboxylic acids is 1. The first-order valence-electron chi connectivity index (χ1n) is 9.88. The Morgan fingerprint density at radius 2 is 1.60 bits per heavy atom. The molecule has 0 saturated carbocycles. The highest BCUT2D eigenvalue weighted by atomic mass is 16.2. The third-order valence-corrected chi connectivity index (χ3v) is 5.34. The monoisotopic (exact) mass is 400 g/mol. The Morgan fingerprint density at radius 3 is 2.27 bits per heavy atom. The first kappa shape index (κ1) is 19.6. The maximum atomic E-state index is 12.9. The number of aryl methyl sites for hydroxylation is 4. The van der Waals surface area contributed by atoms with Gasteiger partial charge in [0.1, 0.15) is 12.2 Å². The summed E-state index contributed by atoms with van der Waals surface area (Å²) < 4.78 is 3.24. The fraction of sp³-hybridized carbons (Fsp3) is 0.208. The van der Waals surface area contributed by atoms with Gasteiger partial charge in [-0.2, -0.15) is 5.10 Å². The van der Waals surface area contributed by atoms with E-state index in [9.17, 15) is 9.59 Å². The number of fused-ring (bicyclic) bond motifs is 1. The number of aromatic nitrogens is 3. The normalized spacial score (nSPS) is 11.1. The number of hydrogen-bond acceptors (Lipinski definition) is 3. The van der Waals surface area contributed by atoms with Gasteiger partial charge in [0.05, 0.1) is 11.4 Å². The average Bonchev–Trinajstić information content (AvgIpc) is 3.06. The van der Waals surface area contributed by atoms with Crippen LogP contribution in [-0.4, -0.2) is 20.3 Å². The highest BCUT2D eigenvalue weighted by Crippen LogP contribution is 2.24. The Balaban J connectivity index is 1.83. The first-order chi connectivity index (χ1) is 14.4. The molecule has 0 fully saturated rings. The molecule has 0 unspecified atom stereocenters. The van der Waals surface area contributed by atoms with Crippen LogP contribution >= 0.6 is 0 Å². The van der Waals surface area contributed by atoms with Gasteiger partial charge in [0, 0.05) is 17.1 Å². The zero-order valence-corrected chi connectivity index (χ0v) is 17.6. The number of anilines is 1. The van der Waals surface area contributed by atoms with Crippen LogP contribution in [0.25, 0.3) is 16.7 Å². The highest BCUT2D eigenvalue weighted by molar-refractivity contribution is 5.93. The van der Waals surface area contributed by atoms with Gasteiger partial charge < -0.3 is 5.32 Å². The summed E-state index contributed by atoms with van der Waals surface area (Å²) in [7, 11) is 0. The Hall–Kier alpha value is -3.67. The molecule has 1 N–H and O–H groups in total. The van der Waals surface area contributed by atoms with E-state index in [-0.39, 0.29) is 18.0 Å². The topological polar surface area (TPSA) is 68.9 Å². The van der Waals surface area contributed by atoms with Crippen molar-refractivity contribution in [3.8, 4) is 5.69 Å². The lowest BCUT2D eigenvalue weighted by Crippen LogP contribution is -2.29. The molecule has 0 bridgehead atoms.